The van der Waals surface area contributed by atoms with Crippen LogP contribution in [0.4, 0.5) is 0 Å². The molecule has 0 heterocycles. The third kappa shape index (κ3) is 17.6. The second-order valence-corrected chi connectivity index (χ2v) is 7.18. The highest BCUT2D eigenvalue weighted by Crippen LogP contribution is 2.13. The van der Waals surface area contributed by atoms with E-state index in [0.29, 0.717) is 13.3 Å². The average Bonchev–Trinajstić information content (AvgIpc) is 2.61. The Morgan fingerprint density at radius 1 is 0.800 bits per heavy atom. The van der Waals surface area contributed by atoms with Crippen molar-refractivity contribution in [1.82, 2.24) is 5.32 Å². The molecule has 0 aliphatic carbocycles. The first-order valence-corrected chi connectivity index (χ1v) is 10.4. The lowest BCUT2D eigenvalue weighted by molar-refractivity contribution is -0.141. The van der Waals surface area contributed by atoms with Crippen LogP contribution in [0, 0.1) is 0 Å². The van der Waals surface area contributed by atoms with E-state index in [1.165, 1.54) is 84.0 Å². The number of rotatable bonds is 18. The maximum absolute atomic E-state index is 11.5. The monoisotopic (exact) mass is 356 g/mol. The molecule has 0 saturated heterocycles. The van der Waals surface area contributed by atoms with Gasteiger partial charge in [-0.2, -0.15) is 0 Å². The van der Waals surface area contributed by atoms with E-state index >= 15 is 0 Å². The molecule has 0 spiro atoms. The highest BCUT2D eigenvalue weighted by molar-refractivity contribution is 5.83. The summed E-state index contributed by atoms with van der Waals surface area (Å²) in [4.78, 5) is 22.2. The molecular formula is C21H41NO3. The normalized spacial score (nSPS) is 12.6. The summed E-state index contributed by atoms with van der Waals surface area (Å²) < 4.78 is 7.09. The highest BCUT2D eigenvalue weighted by Gasteiger charge is 2.12. The van der Waals surface area contributed by atoms with Gasteiger partial charge in [0.2, 0.25) is 5.91 Å². The number of nitrogens with one attached hydrogen (secondary N) is 1. The van der Waals surface area contributed by atoms with Gasteiger partial charge < -0.3 is 10.4 Å². The van der Waals surface area contributed by atoms with Crippen LogP contribution in [0.25, 0.3) is 0 Å². The summed E-state index contributed by atoms with van der Waals surface area (Å²) in [6.07, 6.45) is 19.1. The van der Waals surface area contributed by atoms with Gasteiger partial charge in [0, 0.05) is 7.79 Å². The van der Waals surface area contributed by atoms with Crippen LogP contribution in [0.15, 0.2) is 0 Å². The summed E-state index contributed by atoms with van der Waals surface area (Å²) in [6, 6.07) is -0.795. The van der Waals surface area contributed by atoms with E-state index in [4.69, 9.17) is 6.48 Å². The fraction of sp³-hybridized carbons (Fsp3) is 0.905. The first kappa shape index (κ1) is 22.0. The zero-order valence-electron chi connectivity index (χ0n) is 17.4. The minimum atomic E-state index is -0.987. The Bertz CT molecular complexity index is 350. The summed E-state index contributed by atoms with van der Waals surface area (Å²) >= 11 is 0. The van der Waals surface area contributed by atoms with E-state index < -0.39 is 12.0 Å². The van der Waals surface area contributed by atoms with E-state index in [-0.39, 0.29) is 5.91 Å². The maximum atomic E-state index is 11.5. The van der Waals surface area contributed by atoms with Crippen LogP contribution in [0.2, 0.25) is 0 Å². The Kier molecular flexibility index (Phi) is 15.6. The summed E-state index contributed by atoms with van der Waals surface area (Å²) in [5, 5.41) is 11.2. The van der Waals surface area contributed by atoms with Crippen LogP contribution in [0.1, 0.15) is 118 Å². The molecule has 0 aromatic carbocycles. The van der Waals surface area contributed by atoms with E-state index in [1.54, 1.807) is 0 Å². The van der Waals surface area contributed by atoms with Crippen LogP contribution in [-0.4, -0.2) is 23.0 Å². The fourth-order valence-corrected chi connectivity index (χ4v) is 2.96. The van der Waals surface area contributed by atoms with Gasteiger partial charge in [-0.3, -0.25) is 9.59 Å². The molecule has 0 saturated carbocycles. The minimum Gasteiger partial charge on any atom is -0.480 e. The molecule has 1 atom stereocenters. The summed E-state index contributed by atoms with van der Waals surface area (Å²) in [7, 11) is 0. The third-order valence-electron chi connectivity index (χ3n) is 4.65. The first-order valence-electron chi connectivity index (χ1n) is 11.1. The highest BCUT2D eigenvalue weighted by atomic mass is 16.4. The molecule has 25 heavy (non-hydrogen) atoms. The van der Waals surface area contributed by atoms with Crippen molar-refractivity contribution in [3.63, 3.8) is 0 Å². The Morgan fingerprint density at radius 3 is 1.60 bits per heavy atom. The van der Waals surface area contributed by atoms with Crippen molar-refractivity contribution in [2.75, 3.05) is 0 Å². The number of hydrogen-bond donors (Lipinski definition) is 2. The van der Waals surface area contributed by atoms with E-state index in [9.17, 15) is 9.59 Å². The van der Waals surface area contributed by atoms with Gasteiger partial charge in [-0.25, -0.2) is 0 Å². The van der Waals surface area contributed by atoms with Gasteiger partial charge in [0.05, 0.1) is 0 Å². The quantitative estimate of drug-likeness (QED) is 0.303. The molecule has 0 bridgehead atoms. The van der Waals surface area contributed by atoms with Crippen LogP contribution >= 0.6 is 0 Å². The molecule has 4 heteroatoms. The summed E-state index contributed by atoms with van der Waals surface area (Å²) in [5.74, 6) is -1.14. The standard InChI is InChI=1S/C21H41NO3/c1-3-4-5-6-7-8-9-10-11-12-13-14-15-16-17-18-20(23)22-19(2)21(24)25/h19H,3-18H2,1-2H3,(H,22,23)(H,24,25)/t19-/m0/s1/i1D. The average molecular weight is 357 g/mol. The van der Waals surface area contributed by atoms with E-state index in [1.807, 2.05) is 0 Å². The molecule has 0 fully saturated rings. The molecule has 0 aromatic rings. The molecule has 148 valence electrons. The lowest BCUT2D eigenvalue weighted by Gasteiger charge is -2.08. The fourth-order valence-electron chi connectivity index (χ4n) is 2.96. The van der Waals surface area contributed by atoms with Crippen LogP contribution < -0.4 is 5.32 Å². The number of aliphatic carboxylic acids is 1. The van der Waals surface area contributed by atoms with Gasteiger partial charge in [0.1, 0.15) is 6.04 Å². The van der Waals surface area contributed by atoms with Crippen LogP contribution in [0.5, 0.6) is 0 Å². The molecule has 0 radical (unpaired) electrons. The Labute approximate surface area is 156 Å². The van der Waals surface area contributed by atoms with E-state index in [0.717, 1.165) is 19.3 Å². The van der Waals surface area contributed by atoms with Crippen molar-refractivity contribution in [3.05, 3.63) is 0 Å². The SMILES string of the molecule is [2H]CCCCCCCCCCCCCCCCCC(=O)N[C@@H](C)C(=O)O. The van der Waals surface area contributed by atoms with Crippen molar-refractivity contribution in [1.29, 1.82) is 0 Å². The number of carboxylic acid groups (broad SMARTS) is 1. The number of carbonyl (C=O) groups excluding carboxylic acids is 1. The van der Waals surface area contributed by atoms with Gasteiger partial charge >= 0.3 is 5.97 Å². The second-order valence-electron chi connectivity index (χ2n) is 7.18. The summed E-state index contributed by atoms with van der Waals surface area (Å²) in [6.45, 7) is 2.07. The maximum Gasteiger partial charge on any atom is 0.325 e. The van der Waals surface area contributed by atoms with Crippen molar-refractivity contribution < 1.29 is 16.1 Å². The zero-order chi connectivity index (χ0) is 19.5. The molecule has 1 amide bonds. The number of carboxylic acids is 1. The van der Waals surface area contributed by atoms with Crippen molar-refractivity contribution in [2.45, 2.75) is 123 Å². The molecule has 2 N–H and O–H groups in total. The predicted molar refractivity (Wildman–Crippen MR) is 105 cm³/mol. The lowest BCUT2D eigenvalue weighted by Crippen LogP contribution is -2.38. The first-order chi connectivity index (χ1) is 12.6. The molecule has 4 nitrogen and oxygen atoms in total. The minimum absolute atomic E-state index is 0.156. The van der Waals surface area contributed by atoms with Gasteiger partial charge in [0.25, 0.3) is 0 Å². The number of unbranched alkanes of at least 4 members (excludes halogenated alkanes) is 14. The van der Waals surface area contributed by atoms with E-state index in [2.05, 4.69) is 5.32 Å². The predicted octanol–water partition coefficient (Wildman–Crippen LogP) is 5.84. The molecule has 0 aliphatic rings. The van der Waals surface area contributed by atoms with Gasteiger partial charge in [-0.05, 0) is 13.3 Å². The summed E-state index contributed by atoms with van der Waals surface area (Å²) in [5.41, 5.74) is 0. The molecular weight excluding hydrogens is 314 g/mol. The Balaban J connectivity index is 3.18. The van der Waals surface area contributed by atoms with Gasteiger partial charge in [-0.1, -0.05) is 96.8 Å². The van der Waals surface area contributed by atoms with Crippen LogP contribution in [-0.2, 0) is 9.59 Å². The molecule has 0 aromatic heterocycles. The van der Waals surface area contributed by atoms with Crippen molar-refractivity contribution in [3.8, 4) is 0 Å². The number of amides is 1. The number of carbonyl (C=O) groups is 2. The Hall–Kier alpha value is -1.06. The smallest absolute Gasteiger partial charge is 0.325 e. The topological polar surface area (TPSA) is 66.4 Å². The van der Waals surface area contributed by atoms with Crippen molar-refractivity contribution >= 4 is 11.9 Å². The third-order valence-corrected chi connectivity index (χ3v) is 4.65. The molecule has 0 aliphatic heterocycles. The second kappa shape index (κ2) is 17.8. The molecule has 0 unspecified atom stereocenters. The van der Waals surface area contributed by atoms with Gasteiger partial charge in [0.15, 0.2) is 0 Å². The van der Waals surface area contributed by atoms with Crippen molar-refractivity contribution in [2.24, 2.45) is 0 Å². The van der Waals surface area contributed by atoms with Gasteiger partial charge in [-0.15, -0.1) is 0 Å². The number of hydrogen-bond acceptors (Lipinski definition) is 2. The zero-order valence-corrected chi connectivity index (χ0v) is 16.4. The Morgan fingerprint density at radius 2 is 1.20 bits per heavy atom. The largest absolute Gasteiger partial charge is 0.480 e. The molecule has 0 rings (SSSR count). The van der Waals surface area contributed by atoms with Crippen LogP contribution in [0.3, 0.4) is 0 Å². The lowest BCUT2D eigenvalue weighted by atomic mass is 10.0.